The maximum atomic E-state index is 12.1. The van der Waals surface area contributed by atoms with E-state index >= 15 is 0 Å². The molecule has 0 saturated carbocycles. The second kappa shape index (κ2) is 3.90. The van der Waals surface area contributed by atoms with E-state index in [1.807, 2.05) is 22.0 Å². The van der Waals surface area contributed by atoms with E-state index in [4.69, 9.17) is 0 Å². The van der Waals surface area contributed by atoms with Gasteiger partial charge in [-0.25, -0.2) is 4.98 Å². The number of carbonyl (C=O) groups excluding carboxylic acids is 1. The van der Waals surface area contributed by atoms with E-state index in [0.29, 0.717) is 10.6 Å². The molecular formula is C11H7N5OS2. The third-order valence-corrected chi connectivity index (χ3v) is 4.49. The van der Waals surface area contributed by atoms with Crippen molar-refractivity contribution in [3.8, 4) is 0 Å². The van der Waals surface area contributed by atoms with E-state index in [0.717, 1.165) is 15.3 Å². The van der Waals surface area contributed by atoms with Crippen LogP contribution < -0.4 is 5.32 Å². The summed E-state index contributed by atoms with van der Waals surface area (Å²) in [6.45, 7) is 0. The molecule has 0 spiro atoms. The quantitative estimate of drug-likeness (QED) is 0.595. The van der Waals surface area contributed by atoms with Crippen molar-refractivity contribution in [2.45, 2.75) is 0 Å². The molecule has 0 fully saturated rings. The smallest absolute Gasteiger partial charge is 0.265 e. The van der Waals surface area contributed by atoms with E-state index in [1.165, 1.54) is 11.3 Å². The van der Waals surface area contributed by atoms with Crippen LogP contribution in [0.3, 0.4) is 0 Å². The number of amides is 1. The second-order valence-corrected chi connectivity index (χ2v) is 5.81. The molecule has 4 aromatic rings. The molecule has 1 amide bonds. The molecule has 0 bridgehead atoms. The number of thiophene rings is 1. The Morgan fingerprint density at radius 1 is 1.47 bits per heavy atom. The fraction of sp³-hybridized carbons (Fsp3) is 0. The SMILES string of the molecule is O=C(Nc1cn[nH]c1)c1cc2c(nc3sccn32)s1. The number of nitrogens with zero attached hydrogens (tertiary/aromatic N) is 3. The third-order valence-electron chi connectivity index (χ3n) is 2.72. The summed E-state index contributed by atoms with van der Waals surface area (Å²) in [5.74, 6) is -0.145. The van der Waals surface area contributed by atoms with Gasteiger partial charge in [0.25, 0.3) is 5.91 Å². The van der Waals surface area contributed by atoms with Crippen LogP contribution in [0.15, 0.2) is 30.0 Å². The number of thiazole rings is 1. The molecule has 0 aliphatic heterocycles. The van der Waals surface area contributed by atoms with Crippen molar-refractivity contribution >= 4 is 49.6 Å². The lowest BCUT2D eigenvalue weighted by Crippen LogP contribution is -2.09. The Morgan fingerprint density at radius 3 is 3.26 bits per heavy atom. The zero-order valence-electron chi connectivity index (χ0n) is 9.45. The molecule has 4 heterocycles. The van der Waals surface area contributed by atoms with Gasteiger partial charge in [-0.15, -0.1) is 22.7 Å². The minimum atomic E-state index is -0.145. The first-order valence-corrected chi connectivity index (χ1v) is 7.16. The number of imidazole rings is 1. The Balaban J connectivity index is 1.74. The van der Waals surface area contributed by atoms with Crippen LogP contribution in [0.1, 0.15) is 9.67 Å². The zero-order chi connectivity index (χ0) is 12.8. The summed E-state index contributed by atoms with van der Waals surface area (Å²) in [5, 5.41) is 11.2. The van der Waals surface area contributed by atoms with Crippen molar-refractivity contribution < 1.29 is 4.79 Å². The van der Waals surface area contributed by atoms with Gasteiger partial charge in [-0.05, 0) is 6.07 Å². The Hall–Kier alpha value is -2.19. The highest BCUT2D eigenvalue weighted by Crippen LogP contribution is 2.28. The predicted molar refractivity (Wildman–Crippen MR) is 75.0 cm³/mol. The fourth-order valence-corrected chi connectivity index (χ4v) is 3.57. The predicted octanol–water partition coefficient (Wildman–Crippen LogP) is 2.59. The number of aromatic nitrogens is 4. The molecule has 0 aromatic carbocycles. The van der Waals surface area contributed by atoms with E-state index in [9.17, 15) is 4.79 Å². The molecule has 0 radical (unpaired) electrons. The maximum Gasteiger partial charge on any atom is 0.265 e. The van der Waals surface area contributed by atoms with Crippen molar-refractivity contribution in [3.05, 3.63) is 34.9 Å². The zero-order valence-corrected chi connectivity index (χ0v) is 11.1. The summed E-state index contributed by atoms with van der Waals surface area (Å²) in [7, 11) is 0. The van der Waals surface area contributed by atoms with Gasteiger partial charge in [0, 0.05) is 17.8 Å². The van der Waals surface area contributed by atoms with Gasteiger partial charge in [-0.2, -0.15) is 5.10 Å². The number of nitrogens with one attached hydrogen (secondary N) is 2. The number of rotatable bonds is 2. The van der Waals surface area contributed by atoms with E-state index < -0.39 is 0 Å². The maximum absolute atomic E-state index is 12.1. The molecule has 2 N–H and O–H groups in total. The lowest BCUT2D eigenvalue weighted by molar-refractivity contribution is 0.103. The molecule has 0 unspecified atom stereocenters. The van der Waals surface area contributed by atoms with Gasteiger partial charge < -0.3 is 5.32 Å². The second-order valence-electron chi connectivity index (χ2n) is 3.91. The molecule has 94 valence electrons. The Morgan fingerprint density at radius 2 is 2.42 bits per heavy atom. The van der Waals surface area contributed by atoms with Crippen LogP contribution >= 0.6 is 22.7 Å². The fourth-order valence-electron chi connectivity index (χ4n) is 1.87. The summed E-state index contributed by atoms with van der Waals surface area (Å²) in [6.07, 6.45) is 5.16. The van der Waals surface area contributed by atoms with Gasteiger partial charge in [0.1, 0.15) is 4.83 Å². The lowest BCUT2D eigenvalue weighted by Gasteiger charge is -1.97. The monoisotopic (exact) mass is 289 g/mol. The normalized spacial score (nSPS) is 11.4. The number of H-pyrrole nitrogens is 1. The van der Waals surface area contributed by atoms with Crippen LogP contribution in [0.25, 0.3) is 15.3 Å². The minimum absolute atomic E-state index is 0.145. The van der Waals surface area contributed by atoms with Crippen LogP contribution in [-0.2, 0) is 0 Å². The Labute approximate surface area is 114 Å². The molecule has 0 aliphatic rings. The van der Waals surface area contributed by atoms with Crippen LogP contribution in [0.4, 0.5) is 5.69 Å². The average Bonchev–Trinajstić information content (AvgIpc) is 3.08. The number of hydrogen-bond acceptors (Lipinski definition) is 5. The average molecular weight is 289 g/mol. The molecule has 0 saturated heterocycles. The van der Waals surface area contributed by atoms with Crippen molar-refractivity contribution in [2.24, 2.45) is 0 Å². The van der Waals surface area contributed by atoms with Crippen molar-refractivity contribution in [1.82, 2.24) is 19.6 Å². The van der Waals surface area contributed by atoms with E-state index in [2.05, 4.69) is 20.5 Å². The highest BCUT2D eigenvalue weighted by molar-refractivity contribution is 7.21. The molecule has 8 heteroatoms. The first-order chi connectivity index (χ1) is 9.31. The van der Waals surface area contributed by atoms with Gasteiger partial charge in [-0.3, -0.25) is 14.3 Å². The van der Waals surface area contributed by atoms with E-state index in [1.54, 1.807) is 23.7 Å². The van der Waals surface area contributed by atoms with Crippen molar-refractivity contribution in [2.75, 3.05) is 5.32 Å². The molecule has 19 heavy (non-hydrogen) atoms. The summed E-state index contributed by atoms with van der Waals surface area (Å²) in [6, 6.07) is 1.86. The summed E-state index contributed by atoms with van der Waals surface area (Å²) >= 11 is 2.97. The van der Waals surface area contributed by atoms with Gasteiger partial charge in [-0.1, -0.05) is 0 Å². The molecule has 4 aromatic heterocycles. The molecule has 6 nitrogen and oxygen atoms in total. The summed E-state index contributed by atoms with van der Waals surface area (Å²) in [5.41, 5.74) is 1.62. The largest absolute Gasteiger partial charge is 0.319 e. The topological polar surface area (TPSA) is 75.1 Å². The highest BCUT2D eigenvalue weighted by atomic mass is 32.1. The summed E-state index contributed by atoms with van der Waals surface area (Å²) < 4.78 is 1.99. The Bertz CT molecular complexity index is 870. The van der Waals surface area contributed by atoms with Gasteiger partial charge in [0.15, 0.2) is 4.96 Å². The molecule has 0 aliphatic carbocycles. The first kappa shape index (κ1) is 10.7. The molecule has 4 rings (SSSR count). The first-order valence-electron chi connectivity index (χ1n) is 5.46. The Kier molecular flexibility index (Phi) is 2.20. The van der Waals surface area contributed by atoms with Crippen LogP contribution in [-0.4, -0.2) is 25.5 Å². The third kappa shape index (κ3) is 1.65. The van der Waals surface area contributed by atoms with Crippen molar-refractivity contribution in [1.29, 1.82) is 0 Å². The number of fused-ring (bicyclic) bond motifs is 3. The van der Waals surface area contributed by atoms with Crippen LogP contribution in [0, 0.1) is 0 Å². The van der Waals surface area contributed by atoms with Crippen molar-refractivity contribution in [3.63, 3.8) is 0 Å². The van der Waals surface area contributed by atoms with Gasteiger partial charge in [0.05, 0.1) is 22.3 Å². The van der Waals surface area contributed by atoms with Gasteiger partial charge in [0.2, 0.25) is 0 Å². The number of hydrogen-bond donors (Lipinski definition) is 2. The minimum Gasteiger partial charge on any atom is -0.319 e. The number of anilines is 1. The standard InChI is InChI=1S/C11H7N5OS2/c17-9(14-6-4-12-13-5-6)8-3-7-10(19-8)15-11-16(7)1-2-18-11/h1-5H,(H,12,13)(H,14,17). The highest BCUT2D eigenvalue weighted by Gasteiger charge is 2.15. The lowest BCUT2D eigenvalue weighted by atomic mass is 10.4. The van der Waals surface area contributed by atoms with Crippen LogP contribution in [0.5, 0.6) is 0 Å². The number of carbonyl (C=O) groups is 1. The van der Waals surface area contributed by atoms with E-state index in [-0.39, 0.29) is 5.91 Å². The van der Waals surface area contributed by atoms with Gasteiger partial charge >= 0.3 is 0 Å². The summed E-state index contributed by atoms with van der Waals surface area (Å²) in [4.78, 5) is 19.0. The number of aromatic amines is 1. The molecule has 0 atom stereocenters. The molecular weight excluding hydrogens is 282 g/mol. The van der Waals surface area contributed by atoms with Crippen LogP contribution in [0.2, 0.25) is 0 Å².